The van der Waals surface area contributed by atoms with E-state index in [9.17, 15) is 0 Å². The molecule has 0 saturated heterocycles. The van der Waals surface area contributed by atoms with Crippen LogP contribution in [0.15, 0.2) is 42.5 Å². The smallest absolute Gasteiger partial charge is 0.121 e. The minimum absolute atomic E-state index is 0.338. The van der Waals surface area contributed by atoms with Gasteiger partial charge in [0, 0.05) is 15.6 Å². The van der Waals surface area contributed by atoms with Gasteiger partial charge in [0.1, 0.15) is 12.4 Å². The Kier molecular flexibility index (Phi) is 4.09. The molecule has 0 heterocycles. The Labute approximate surface area is 115 Å². The standard InChI is InChI=1S/C14H9Cl2NO/c15-12-2-1-3-13(7-12)18-9-11-5-4-10(8-17)6-14(11)16/h1-7H,9H2. The van der Waals surface area contributed by atoms with Crippen molar-refractivity contribution in [2.24, 2.45) is 0 Å². The van der Waals surface area contributed by atoms with Crippen LogP contribution in [0.2, 0.25) is 10.0 Å². The first kappa shape index (κ1) is 12.8. The molecule has 0 saturated carbocycles. The Bertz CT molecular complexity index is 605. The molecule has 0 aromatic heterocycles. The van der Waals surface area contributed by atoms with E-state index in [2.05, 4.69) is 0 Å². The van der Waals surface area contributed by atoms with Crippen molar-refractivity contribution in [1.82, 2.24) is 0 Å². The van der Waals surface area contributed by atoms with E-state index in [4.69, 9.17) is 33.2 Å². The van der Waals surface area contributed by atoms with Crippen LogP contribution in [0.4, 0.5) is 0 Å². The molecule has 90 valence electrons. The fourth-order valence-electron chi connectivity index (χ4n) is 1.45. The summed E-state index contributed by atoms with van der Waals surface area (Å²) in [5.41, 5.74) is 1.36. The number of hydrogen-bond donors (Lipinski definition) is 0. The van der Waals surface area contributed by atoms with E-state index in [0.717, 1.165) is 5.56 Å². The summed E-state index contributed by atoms with van der Waals surface area (Å²) in [5.74, 6) is 0.683. The Morgan fingerprint density at radius 3 is 2.61 bits per heavy atom. The van der Waals surface area contributed by atoms with Crippen molar-refractivity contribution in [1.29, 1.82) is 5.26 Å². The molecule has 2 aromatic carbocycles. The molecule has 18 heavy (non-hydrogen) atoms. The summed E-state index contributed by atoms with van der Waals surface area (Å²) in [6.45, 7) is 0.338. The fourth-order valence-corrected chi connectivity index (χ4v) is 1.87. The second-order valence-electron chi connectivity index (χ2n) is 3.66. The Hall–Kier alpha value is -1.69. The highest BCUT2D eigenvalue weighted by atomic mass is 35.5. The molecule has 2 nitrogen and oxygen atoms in total. The maximum atomic E-state index is 8.74. The molecule has 0 unspecified atom stereocenters. The van der Waals surface area contributed by atoms with Crippen LogP contribution in [-0.2, 0) is 6.61 Å². The minimum atomic E-state index is 0.338. The molecule has 2 rings (SSSR count). The van der Waals surface area contributed by atoms with Crippen LogP contribution in [0, 0.1) is 11.3 Å². The molecule has 0 fully saturated rings. The lowest BCUT2D eigenvalue weighted by atomic mass is 10.1. The highest BCUT2D eigenvalue weighted by molar-refractivity contribution is 6.31. The van der Waals surface area contributed by atoms with Crippen LogP contribution in [0.3, 0.4) is 0 Å². The maximum absolute atomic E-state index is 8.74. The van der Waals surface area contributed by atoms with Gasteiger partial charge in [-0.15, -0.1) is 0 Å². The van der Waals surface area contributed by atoms with Gasteiger partial charge in [0.05, 0.1) is 11.6 Å². The van der Waals surface area contributed by atoms with E-state index in [1.165, 1.54) is 0 Å². The van der Waals surface area contributed by atoms with E-state index in [1.807, 2.05) is 18.2 Å². The third-order valence-corrected chi connectivity index (χ3v) is 2.96. The molecule has 0 N–H and O–H groups in total. The van der Waals surface area contributed by atoms with E-state index < -0.39 is 0 Å². The van der Waals surface area contributed by atoms with Gasteiger partial charge in [0.25, 0.3) is 0 Å². The van der Waals surface area contributed by atoms with Crippen molar-refractivity contribution in [2.45, 2.75) is 6.61 Å². The summed E-state index contributed by atoms with van der Waals surface area (Å²) in [6.07, 6.45) is 0. The van der Waals surface area contributed by atoms with Crippen LogP contribution in [0.5, 0.6) is 5.75 Å². The molecule has 0 spiro atoms. The first-order valence-corrected chi connectivity index (χ1v) is 6.01. The largest absolute Gasteiger partial charge is 0.489 e. The number of benzene rings is 2. The summed E-state index contributed by atoms with van der Waals surface area (Å²) < 4.78 is 5.58. The van der Waals surface area contributed by atoms with E-state index in [1.54, 1.807) is 30.3 Å². The molecule has 0 atom stereocenters. The topological polar surface area (TPSA) is 33.0 Å². The molecule has 0 radical (unpaired) electrons. The predicted octanol–water partition coefficient (Wildman–Crippen LogP) is 4.44. The molecule has 0 aliphatic carbocycles. The highest BCUT2D eigenvalue weighted by Gasteiger charge is 2.03. The van der Waals surface area contributed by atoms with Gasteiger partial charge < -0.3 is 4.74 Å². The zero-order chi connectivity index (χ0) is 13.0. The lowest BCUT2D eigenvalue weighted by Crippen LogP contribution is -1.96. The van der Waals surface area contributed by atoms with Crippen molar-refractivity contribution < 1.29 is 4.74 Å². The molecule has 2 aromatic rings. The predicted molar refractivity (Wildman–Crippen MR) is 72.0 cm³/mol. The number of halogens is 2. The van der Waals surface area contributed by atoms with Gasteiger partial charge in [-0.1, -0.05) is 35.3 Å². The summed E-state index contributed by atoms with van der Waals surface area (Å²) in [7, 11) is 0. The number of nitrogens with zero attached hydrogens (tertiary/aromatic N) is 1. The van der Waals surface area contributed by atoms with E-state index in [-0.39, 0.29) is 0 Å². The van der Waals surface area contributed by atoms with Gasteiger partial charge in [-0.3, -0.25) is 0 Å². The van der Waals surface area contributed by atoms with E-state index in [0.29, 0.717) is 28.0 Å². The second kappa shape index (κ2) is 5.77. The van der Waals surface area contributed by atoms with Gasteiger partial charge in [-0.25, -0.2) is 0 Å². The average molecular weight is 278 g/mol. The van der Waals surface area contributed by atoms with Crippen molar-refractivity contribution in [3.63, 3.8) is 0 Å². The molecule has 4 heteroatoms. The molecule has 0 aliphatic rings. The molecule has 0 aliphatic heterocycles. The minimum Gasteiger partial charge on any atom is -0.489 e. The summed E-state index contributed by atoms with van der Waals surface area (Å²) in [5, 5.41) is 9.88. The van der Waals surface area contributed by atoms with Gasteiger partial charge in [-0.05, 0) is 30.3 Å². The Morgan fingerprint density at radius 1 is 1.11 bits per heavy atom. The van der Waals surface area contributed by atoms with Crippen LogP contribution in [0.1, 0.15) is 11.1 Å². The number of nitriles is 1. The van der Waals surface area contributed by atoms with Crippen LogP contribution in [-0.4, -0.2) is 0 Å². The quantitative estimate of drug-likeness (QED) is 0.831. The average Bonchev–Trinajstić information content (AvgIpc) is 2.37. The zero-order valence-electron chi connectivity index (χ0n) is 9.36. The molecular formula is C14H9Cl2NO. The summed E-state index contributed by atoms with van der Waals surface area (Å²) in [6, 6.07) is 14.3. The van der Waals surface area contributed by atoms with Crippen LogP contribution < -0.4 is 4.74 Å². The first-order valence-electron chi connectivity index (χ1n) is 5.26. The van der Waals surface area contributed by atoms with Crippen molar-refractivity contribution in [3.8, 4) is 11.8 Å². The monoisotopic (exact) mass is 277 g/mol. The fraction of sp³-hybridized carbons (Fsp3) is 0.0714. The van der Waals surface area contributed by atoms with Crippen LogP contribution >= 0.6 is 23.2 Å². The highest BCUT2D eigenvalue weighted by Crippen LogP contribution is 2.22. The van der Waals surface area contributed by atoms with Crippen molar-refractivity contribution in [3.05, 3.63) is 63.6 Å². The van der Waals surface area contributed by atoms with Gasteiger partial charge >= 0.3 is 0 Å². The molecular weight excluding hydrogens is 269 g/mol. The van der Waals surface area contributed by atoms with Gasteiger partial charge in [0.15, 0.2) is 0 Å². The maximum Gasteiger partial charge on any atom is 0.121 e. The SMILES string of the molecule is N#Cc1ccc(COc2cccc(Cl)c2)c(Cl)c1. The number of hydrogen-bond acceptors (Lipinski definition) is 2. The zero-order valence-corrected chi connectivity index (χ0v) is 10.9. The molecule has 0 amide bonds. The second-order valence-corrected chi connectivity index (χ2v) is 4.51. The Morgan fingerprint density at radius 2 is 1.94 bits per heavy atom. The number of ether oxygens (including phenoxy) is 1. The van der Waals surface area contributed by atoms with E-state index >= 15 is 0 Å². The van der Waals surface area contributed by atoms with Gasteiger partial charge in [-0.2, -0.15) is 5.26 Å². The molecule has 0 bridgehead atoms. The van der Waals surface area contributed by atoms with Crippen molar-refractivity contribution in [2.75, 3.05) is 0 Å². The first-order chi connectivity index (χ1) is 8.69. The lowest BCUT2D eigenvalue weighted by Gasteiger charge is -2.08. The third kappa shape index (κ3) is 3.16. The van der Waals surface area contributed by atoms with Gasteiger partial charge in [0.2, 0.25) is 0 Å². The Balaban J connectivity index is 2.09. The normalized spacial score (nSPS) is 9.83. The lowest BCUT2D eigenvalue weighted by molar-refractivity contribution is 0.306. The van der Waals surface area contributed by atoms with Crippen LogP contribution in [0.25, 0.3) is 0 Å². The third-order valence-electron chi connectivity index (χ3n) is 2.37. The van der Waals surface area contributed by atoms with Crippen molar-refractivity contribution >= 4 is 23.2 Å². The number of rotatable bonds is 3. The summed E-state index contributed by atoms with van der Waals surface area (Å²) >= 11 is 11.9. The summed E-state index contributed by atoms with van der Waals surface area (Å²) in [4.78, 5) is 0.